The monoisotopic (exact) mass is 165 g/mol. The van der Waals surface area contributed by atoms with Gasteiger partial charge in [-0.25, -0.2) is 0 Å². The number of aromatic nitrogens is 2. The van der Waals surface area contributed by atoms with Crippen molar-refractivity contribution < 1.29 is 0 Å². The highest BCUT2D eigenvalue weighted by Gasteiger charge is 2.19. The summed E-state index contributed by atoms with van der Waals surface area (Å²) in [7, 11) is 0. The van der Waals surface area contributed by atoms with Crippen LogP contribution in [0.4, 0.5) is 0 Å². The molecular formula is C9H15N3. The van der Waals surface area contributed by atoms with Gasteiger partial charge >= 0.3 is 0 Å². The molecule has 0 unspecified atom stereocenters. The van der Waals surface area contributed by atoms with Crippen molar-refractivity contribution in [2.75, 3.05) is 6.54 Å². The molecule has 0 saturated heterocycles. The van der Waals surface area contributed by atoms with Gasteiger partial charge in [-0.2, -0.15) is 0 Å². The molecule has 0 atom stereocenters. The van der Waals surface area contributed by atoms with E-state index in [1.165, 1.54) is 0 Å². The highest BCUT2D eigenvalue weighted by atomic mass is 14.8. The first-order valence-electron chi connectivity index (χ1n) is 4.05. The third kappa shape index (κ3) is 1.80. The van der Waals surface area contributed by atoms with E-state index in [0.29, 0.717) is 6.54 Å². The number of hydrogen-bond acceptors (Lipinski definition) is 3. The fraction of sp³-hybridized carbons (Fsp3) is 0.556. The van der Waals surface area contributed by atoms with Crippen LogP contribution in [0.5, 0.6) is 0 Å². The summed E-state index contributed by atoms with van der Waals surface area (Å²) in [5, 5.41) is 0. The first kappa shape index (κ1) is 9.13. The molecule has 1 aromatic heterocycles. The average molecular weight is 165 g/mol. The van der Waals surface area contributed by atoms with Crippen molar-refractivity contribution in [3.63, 3.8) is 0 Å². The average Bonchev–Trinajstić information content (AvgIpc) is 2.05. The first-order chi connectivity index (χ1) is 5.56. The molecule has 0 aliphatic rings. The third-order valence-corrected chi connectivity index (χ3v) is 1.98. The van der Waals surface area contributed by atoms with Crippen LogP contribution in [-0.2, 0) is 5.41 Å². The molecule has 0 bridgehead atoms. The number of nitrogens with zero attached hydrogens (tertiary/aromatic N) is 2. The molecule has 0 fully saturated rings. The van der Waals surface area contributed by atoms with E-state index in [9.17, 15) is 0 Å². The van der Waals surface area contributed by atoms with E-state index >= 15 is 0 Å². The van der Waals surface area contributed by atoms with Crippen LogP contribution in [0.3, 0.4) is 0 Å². The molecule has 0 spiro atoms. The van der Waals surface area contributed by atoms with E-state index in [-0.39, 0.29) is 5.41 Å². The van der Waals surface area contributed by atoms with Crippen LogP contribution in [-0.4, -0.2) is 16.5 Å². The van der Waals surface area contributed by atoms with Gasteiger partial charge in [0.15, 0.2) is 0 Å². The number of nitrogens with two attached hydrogens (primary N) is 1. The molecule has 0 aliphatic carbocycles. The third-order valence-electron chi connectivity index (χ3n) is 1.98. The van der Waals surface area contributed by atoms with Gasteiger partial charge in [0, 0.05) is 24.4 Å². The second-order valence-corrected chi connectivity index (χ2v) is 3.63. The zero-order valence-electron chi connectivity index (χ0n) is 7.83. The Hall–Kier alpha value is -0.960. The highest BCUT2D eigenvalue weighted by molar-refractivity contribution is 5.12. The van der Waals surface area contributed by atoms with Crippen molar-refractivity contribution in [3.8, 4) is 0 Å². The number of aryl methyl sites for hydroxylation is 1. The van der Waals surface area contributed by atoms with E-state index < -0.39 is 0 Å². The Morgan fingerprint density at radius 1 is 1.33 bits per heavy atom. The van der Waals surface area contributed by atoms with Crippen molar-refractivity contribution in [1.82, 2.24) is 9.97 Å². The van der Waals surface area contributed by atoms with Crippen LogP contribution in [0.15, 0.2) is 12.4 Å². The highest BCUT2D eigenvalue weighted by Crippen LogP contribution is 2.17. The van der Waals surface area contributed by atoms with Crippen LogP contribution in [0.2, 0.25) is 0 Å². The lowest BCUT2D eigenvalue weighted by atomic mass is 9.90. The van der Waals surface area contributed by atoms with Crippen molar-refractivity contribution in [3.05, 3.63) is 23.8 Å². The van der Waals surface area contributed by atoms with Gasteiger partial charge in [-0.15, -0.1) is 0 Å². The van der Waals surface area contributed by atoms with E-state index in [0.717, 1.165) is 11.4 Å². The zero-order valence-corrected chi connectivity index (χ0v) is 7.83. The SMILES string of the molecule is Cc1cnc(C(C)(C)CN)cn1. The van der Waals surface area contributed by atoms with Crippen molar-refractivity contribution in [2.45, 2.75) is 26.2 Å². The lowest BCUT2D eigenvalue weighted by Crippen LogP contribution is -2.29. The van der Waals surface area contributed by atoms with Gasteiger partial charge in [0.2, 0.25) is 0 Å². The van der Waals surface area contributed by atoms with Gasteiger partial charge in [-0.05, 0) is 6.92 Å². The summed E-state index contributed by atoms with van der Waals surface area (Å²) in [5.41, 5.74) is 7.43. The second-order valence-electron chi connectivity index (χ2n) is 3.63. The molecule has 12 heavy (non-hydrogen) atoms. The van der Waals surface area contributed by atoms with Gasteiger partial charge in [-0.3, -0.25) is 9.97 Å². The fourth-order valence-electron chi connectivity index (χ4n) is 0.847. The fourth-order valence-corrected chi connectivity index (χ4v) is 0.847. The van der Waals surface area contributed by atoms with Crippen LogP contribution < -0.4 is 5.73 Å². The molecule has 0 amide bonds. The summed E-state index contributed by atoms with van der Waals surface area (Å²) >= 11 is 0. The maximum atomic E-state index is 5.61. The normalized spacial score (nSPS) is 11.7. The summed E-state index contributed by atoms with van der Waals surface area (Å²) in [6.07, 6.45) is 3.56. The molecule has 2 N–H and O–H groups in total. The zero-order chi connectivity index (χ0) is 9.19. The van der Waals surface area contributed by atoms with Gasteiger partial charge in [0.1, 0.15) is 0 Å². The largest absolute Gasteiger partial charge is 0.330 e. The van der Waals surface area contributed by atoms with Crippen LogP contribution in [0.25, 0.3) is 0 Å². The molecule has 3 heteroatoms. The van der Waals surface area contributed by atoms with E-state index in [1.807, 2.05) is 6.92 Å². The second kappa shape index (κ2) is 3.19. The summed E-state index contributed by atoms with van der Waals surface area (Å²) < 4.78 is 0. The molecule has 0 aromatic carbocycles. The molecule has 1 aromatic rings. The van der Waals surface area contributed by atoms with Crippen LogP contribution in [0, 0.1) is 6.92 Å². The van der Waals surface area contributed by atoms with Crippen molar-refractivity contribution >= 4 is 0 Å². The first-order valence-corrected chi connectivity index (χ1v) is 4.05. The summed E-state index contributed by atoms with van der Waals surface area (Å²) in [6.45, 7) is 6.63. The summed E-state index contributed by atoms with van der Waals surface area (Å²) in [4.78, 5) is 8.45. The Kier molecular flexibility index (Phi) is 2.43. The van der Waals surface area contributed by atoms with Crippen LogP contribution in [0.1, 0.15) is 25.2 Å². The smallest absolute Gasteiger partial charge is 0.0655 e. The van der Waals surface area contributed by atoms with Gasteiger partial charge < -0.3 is 5.73 Å². The van der Waals surface area contributed by atoms with E-state index in [4.69, 9.17) is 5.73 Å². The molecule has 1 rings (SSSR count). The molecule has 3 nitrogen and oxygen atoms in total. The van der Waals surface area contributed by atoms with Gasteiger partial charge in [0.25, 0.3) is 0 Å². The Morgan fingerprint density at radius 3 is 2.42 bits per heavy atom. The van der Waals surface area contributed by atoms with E-state index in [2.05, 4.69) is 23.8 Å². The quantitative estimate of drug-likeness (QED) is 0.711. The minimum atomic E-state index is -0.0687. The predicted molar refractivity (Wildman–Crippen MR) is 48.8 cm³/mol. The van der Waals surface area contributed by atoms with Crippen molar-refractivity contribution in [2.24, 2.45) is 5.73 Å². The molecule has 66 valence electrons. The maximum absolute atomic E-state index is 5.61. The topological polar surface area (TPSA) is 51.8 Å². The minimum absolute atomic E-state index is 0.0687. The molecule has 1 heterocycles. The molecule has 0 saturated carbocycles. The lowest BCUT2D eigenvalue weighted by molar-refractivity contribution is 0.518. The standard InChI is InChI=1S/C9H15N3/c1-7-4-12-8(5-11-7)9(2,3)6-10/h4-5H,6,10H2,1-3H3. The Balaban J connectivity index is 2.96. The maximum Gasteiger partial charge on any atom is 0.0655 e. The lowest BCUT2D eigenvalue weighted by Gasteiger charge is -2.20. The molecule has 0 radical (unpaired) electrons. The molecular weight excluding hydrogens is 150 g/mol. The Bertz CT molecular complexity index is 251. The predicted octanol–water partition coefficient (Wildman–Crippen LogP) is 1.02. The Morgan fingerprint density at radius 2 is 2.00 bits per heavy atom. The number of hydrogen-bond donors (Lipinski definition) is 1. The van der Waals surface area contributed by atoms with Gasteiger partial charge in [0.05, 0.1) is 11.4 Å². The summed E-state index contributed by atoms with van der Waals surface area (Å²) in [5.74, 6) is 0. The number of rotatable bonds is 2. The van der Waals surface area contributed by atoms with Crippen molar-refractivity contribution in [1.29, 1.82) is 0 Å². The summed E-state index contributed by atoms with van der Waals surface area (Å²) in [6, 6.07) is 0. The van der Waals surface area contributed by atoms with Crippen LogP contribution >= 0.6 is 0 Å². The van der Waals surface area contributed by atoms with Gasteiger partial charge in [-0.1, -0.05) is 13.8 Å². The van der Waals surface area contributed by atoms with E-state index in [1.54, 1.807) is 12.4 Å². The Labute approximate surface area is 73.0 Å². The minimum Gasteiger partial charge on any atom is -0.330 e. The molecule has 0 aliphatic heterocycles.